The number of hydrogen-bond acceptors (Lipinski definition) is 4. The molecule has 0 radical (unpaired) electrons. The van der Waals surface area contributed by atoms with E-state index in [4.69, 9.17) is 9.47 Å². The minimum atomic E-state index is -0.777. The Morgan fingerprint density at radius 1 is 0.842 bits per heavy atom. The van der Waals surface area contributed by atoms with Gasteiger partial charge in [0.05, 0.1) is 12.6 Å². The molecule has 1 saturated heterocycles. The van der Waals surface area contributed by atoms with Crippen LogP contribution < -0.4 is 9.47 Å². The normalized spacial score (nSPS) is 16.2. The summed E-state index contributed by atoms with van der Waals surface area (Å²) in [6.45, 7) is 3.62. The number of carboxylic acid groups (broad SMARTS) is 1. The lowest BCUT2D eigenvalue weighted by atomic mass is 9.94. The zero-order chi connectivity index (χ0) is 26.3. The van der Waals surface area contributed by atoms with Crippen molar-refractivity contribution in [3.05, 3.63) is 120 Å². The van der Waals surface area contributed by atoms with Crippen molar-refractivity contribution in [3.63, 3.8) is 0 Å². The highest BCUT2D eigenvalue weighted by molar-refractivity contribution is 5.74. The molecule has 5 nitrogen and oxygen atoms in total. The van der Waals surface area contributed by atoms with Crippen molar-refractivity contribution < 1.29 is 19.4 Å². The van der Waals surface area contributed by atoms with Gasteiger partial charge in [0.25, 0.3) is 0 Å². The summed E-state index contributed by atoms with van der Waals surface area (Å²) in [4.78, 5) is 14.3. The predicted molar refractivity (Wildman–Crippen MR) is 149 cm³/mol. The summed E-state index contributed by atoms with van der Waals surface area (Å²) in [5.74, 6) is 0.563. The SMILES string of the molecule is CCOc1cc(C(c2ccc(-c3ccccc3)cc2)N2CCCC2C(=O)O)ccc1OCc1ccccc1. The van der Waals surface area contributed by atoms with Gasteiger partial charge in [-0.1, -0.05) is 91.0 Å². The Morgan fingerprint density at radius 2 is 1.50 bits per heavy atom. The first-order valence-corrected chi connectivity index (χ1v) is 13.2. The Hall–Kier alpha value is -4.09. The second kappa shape index (κ2) is 12.0. The highest BCUT2D eigenvalue weighted by Gasteiger charge is 2.37. The van der Waals surface area contributed by atoms with E-state index >= 15 is 0 Å². The molecule has 1 N–H and O–H groups in total. The molecule has 1 aliphatic heterocycles. The van der Waals surface area contributed by atoms with Gasteiger partial charge >= 0.3 is 5.97 Å². The molecule has 1 heterocycles. The Kier molecular flexibility index (Phi) is 8.05. The summed E-state index contributed by atoms with van der Waals surface area (Å²) in [6, 6.07) is 34.0. The molecule has 4 aromatic carbocycles. The van der Waals surface area contributed by atoms with E-state index in [1.54, 1.807) is 0 Å². The van der Waals surface area contributed by atoms with Gasteiger partial charge < -0.3 is 14.6 Å². The van der Waals surface area contributed by atoms with Crippen LogP contribution in [0, 0.1) is 0 Å². The average Bonchev–Trinajstić information content (AvgIpc) is 3.44. The number of likely N-dealkylation sites (tertiary alicyclic amines) is 1. The first kappa shape index (κ1) is 25.6. The molecule has 5 rings (SSSR count). The topological polar surface area (TPSA) is 59.0 Å². The van der Waals surface area contributed by atoms with E-state index in [0.717, 1.165) is 40.8 Å². The van der Waals surface area contributed by atoms with E-state index in [-0.39, 0.29) is 6.04 Å². The Bertz CT molecular complexity index is 1340. The van der Waals surface area contributed by atoms with E-state index in [2.05, 4.69) is 41.3 Å². The highest BCUT2D eigenvalue weighted by Crippen LogP contribution is 2.39. The summed E-state index contributed by atoms with van der Waals surface area (Å²) >= 11 is 0. The zero-order valence-electron chi connectivity index (χ0n) is 21.6. The summed E-state index contributed by atoms with van der Waals surface area (Å²) < 4.78 is 12.1. The monoisotopic (exact) mass is 507 g/mol. The molecule has 2 atom stereocenters. The second-order valence-electron chi connectivity index (χ2n) is 9.54. The first-order chi connectivity index (χ1) is 18.6. The van der Waals surface area contributed by atoms with Crippen molar-refractivity contribution in [2.75, 3.05) is 13.2 Å². The standard InChI is InChI=1S/C33H33NO4/c1-2-37-31-22-28(19-20-30(31)38-23-24-10-5-3-6-11-24)32(34-21-9-14-29(34)33(35)36)27-17-15-26(16-18-27)25-12-7-4-8-13-25/h3-8,10-13,15-20,22,29,32H,2,9,14,21,23H2,1H3,(H,35,36). The van der Waals surface area contributed by atoms with Crippen molar-refractivity contribution in [2.24, 2.45) is 0 Å². The lowest BCUT2D eigenvalue weighted by Gasteiger charge is -2.32. The fourth-order valence-corrected chi connectivity index (χ4v) is 5.24. The molecule has 5 heteroatoms. The number of carbonyl (C=O) groups is 1. The predicted octanol–water partition coefficient (Wildman–Crippen LogP) is 6.97. The number of aliphatic carboxylic acids is 1. The molecule has 0 amide bonds. The van der Waals surface area contributed by atoms with Crippen LogP contribution in [0.5, 0.6) is 11.5 Å². The molecule has 4 aromatic rings. The number of ether oxygens (including phenoxy) is 2. The molecular formula is C33H33NO4. The molecule has 0 saturated carbocycles. The number of rotatable bonds is 10. The molecule has 194 valence electrons. The zero-order valence-corrected chi connectivity index (χ0v) is 21.6. The number of nitrogens with zero attached hydrogens (tertiary/aromatic N) is 1. The molecule has 2 unspecified atom stereocenters. The van der Waals surface area contributed by atoms with Gasteiger partial charge in [0.2, 0.25) is 0 Å². The summed E-state index contributed by atoms with van der Waals surface area (Å²) in [5.41, 5.74) is 5.40. The molecule has 0 aromatic heterocycles. The van der Waals surface area contributed by atoms with Crippen LogP contribution in [0.2, 0.25) is 0 Å². The lowest BCUT2D eigenvalue weighted by molar-refractivity contribution is -0.142. The van der Waals surface area contributed by atoms with Gasteiger partial charge in [0.1, 0.15) is 12.6 Å². The molecule has 0 aliphatic carbocycles. The maximum Gasteiger partial charge on any atom is 0.320 e. The Labute approximate surface area is 224 Å². The van der Waals surface area contributed by atoms with Crippen LogP contribution in [0.1, 0.15) is 42.5 Å². The minimum absolute atomic E-state index is 0.217. The molecular weight excluding hydrogens is 474 g/mol. The van der Waals surface area contributed by atoms with Crippen molar-refractivity contribution >= 4 is 5.97 Å². The fourth-order valence-electron chi connectivity index (χ4n) is 5.24. The van der Waals surface area contributed by atoms with Crippen molar-refractivity contribution in [3.8, 4) is 22.6 Å². The third-order valence-corrected chi connectivity index (χ3v) is 7.06. The summed E-state index contributed by atoms with van der Waals surface area (Å²) in [7, 11) is 0. The summed E-state index contributed by atoms with van der Waals surface area (Å²) in [5, 5.41) is 9.99. The van der Waals surface area contributed by atoms with Crippen LogP contribution >= 0.6 is 0 Å². The quantitative estimate of drug-likeness (QED) is 0.251. The second-order valence-corrected chi connectivity index (χ2v) is 9.54. The van der Waals surface area contributed by atoms with Crippen molar-refractivity contribution in [1.82, 2.24) is 4.90 Å². The number of carboxylic acids is 1. The van der Waals surface area contributed by atoms with Gasteiger partial charge in [-0.2, -0.15) is 0 Å². The van der Waals surface area contributed by atoms with E-state index in [1.165, 1.54) is 0 Å². The van der Waals surface area contributed by atoms with Gasteiger partial charge in [-0.25, -0.2) is 0 Å². The minimum Gasteiger partial charge on any atom is -0.490 e. The van der Waals surface area contributed by atoms with Gasteiger partial charge in [0, 0.05) is 6.54 Å². The highest BCUT2D eigenvalue weighted by atomic mass is 16.5. The van der Waals surface area contributed by atoms with E-state index in [1.807, 2.05) is 73.7 Å². The van der Waals surface area contributed by atoms with Gasteiger partial charge in [0.15, 0.2) is 11.5 Å². The van der Waals surface area contributed by atoms with Gasteiger partial charge in [-0.3, -0.25) is 9.69 Å². The maximum atomic E-state index is 12.2. The molecule has 38 heavy (non-hydrogen) atoms. The van der Waals surface area contributed by atoms with Gasteiger partial charge in [-0.05, 0) is 59.7 Å². The third kappa shape index (κ3) is 5.74. The third-order valence-electron chi connectivity index (χ3n) is 7.06. The summed E-state index contributed by atoms with van der Waals surface area (Å²) in [6.07, 6.45) is 1.50. The van der Waals surface area contributed by atoms with Crippen LogP contribution in [0.4, 0.5) is 0 Å². The first-order valence-electron chi connectivity index (χ1n) is 13.2. The average molecular weight is 508 g/mol. The number of benzene rings is 4. The van der Waals surface area contributed by atoms with Crippen LogP contribution in [0.3, 0.4) is 0 Å². The molecule has 0 spiro atoms. The maximum absolute atomic E-state index is 12.2. The lowest BCUT2D eigenvalue weighted by Crippen LogP contribution is -2.39. The van der Waals surface area contributed by atoms with Crippen LogP contribution in [0.15, 0.2) is 103 Å². The molecule has 0 bridgehead atoms. The largest absolute Gasteiger partial charge is 0.490 e. The van der Waals surface area contributed by atoms with Crippen LogP contribution in [0.25, 0.3) is 11.1 Å². The fraction of sp³-hybridized carbons (Fsp3) is 0.242. The van der Waals surface area contributed by atoms with Crippen molar-refractivity contribution in [1.29, 1.82) is 0 Å². The molecule has 1 aliphatic rings. The smallest absolute Gasteiger partial charge is 0.320 e. The van der Waals surface area contributed by atoms with Gasteiger partial charge in [-0.15, -0.1) is 0 Å². The Balaban J connectivity index is 1.50. The van der Waals surface area contributed by atoms with Crippen LogP contribution in [-0.2, 0) is 11.4 Å². The van der Waals surface area contributed by atoms with E-state index < -0.39 is 12.0 Å². The molecule has 1 fully saturated rings. The van der Waals surface area contributed by atoms with Crippen molar-refractivity contribution in [2.45, 2.75) is 38.5 Å². The number of hydrogen-bond donors (Lipinski definition) is 1. The Morgan fingerprint density at radius 3 is 2.18 bits per heavy atom. The van der Waals surface area contributed by atoms with E-state index in [9.17, 15) is 9.90 Å². The van der Waals surface area contributed by atoms with E-state index in [0.29, 0.717) is 31.1 Å². The van der Waals surface area contributed by atoms with Crippen LogP contribution in [-0.4, -0.2) is 35.2 Å².